The fourth-order valence-electron chi connectivity index (χ4n) is 0.567. The third-order valence-corrected chi connectivity index (χ3v) is 2.31. The van der Waals surface area contributed by atoms with Crippen LogP contribution in [0.25, 0.3) is 0 Å². The molecule has 0 heterocycles. The second-order valence-corrected chi connectivity index (χ2v) is 4.08. The molecule has 1 nitrogen and oxygen atoms in total. The highest BCUT2D eigenvalue weighted by atomic mass is 32.2. The van der Waals surface area contributed by atoms with Crippen molar-refractivity contribution in [3.63, 3.8) is 0 Å². The van der Waals surface area contributed by atoms with Crippen molar-refractivity contribution in [1.82, 2.24) is 5.32 Å². The molecule has 0 bridgehead atoms. The largest absolute Gasteiger partial charge is 0.368 e. The summed E-state index contributed by atoms with van der Waals surface area (Å²) in [6.07, 6.45) is 2.62. The van der Waals surface area contributed by atoms with Gasteiger partial charge in [-0.3, -0.25) is 0 Å². The summed E-state index contributed by atoms with van der Waals surface area (Å²) < 4.78 is 0.972. The Labute approximate surface area is 65.6 Å². The molecule has 0 aliphatic heterocycles. The Morgan fingerprint density at radius 1 is 1.78 bits per heavy atom. The molecule has 0 radical (unpaired) electrons. The van der Waals surface area contributed by atoms with Crippen LogP contribution in [0.4, 0.5) is 0 Å². The van der Waals surface area contributed by atoms with E-state index in [2.05, 4.69) is 12.2 Å². The lowest BCUT2D eigenvalue weighted by Crippen LogP contribution is -2.20. The van der Waals surface area contributed by atoms with Gasteiger partial charge in [0.05, 0.1) is 0 Å². The molecule has 0 spiro atoms. The maximum Gasteiger partial charge on any atom is 0.133 e. The van der Waals surface area contributed by atoms with Gasteiger partial charge in [-0.15, -0.1) is 0 Å². The zero-order valence-corrected chi connectivity index (χ0v) is 7.15. The van der Waals surface area contributed by atoms with Crippen LogP contribution in [0.3, 0.4) is 0 Å². The molecule has 1 fully saturated rings. The molecule has 0 atom stereocenters. The molecule has 1 aliphatic carbocycles. The van der Waals surface area contributed by atoms with E-state index in [1.165, 1.54) is 12.8 Å². The van der Waals surface area contributed by atoms with Gasteiger partial charge in [-0.05, 0) is 18.6 Å². The Morgan fingerprint density at radius 2 is 2.44 bits per heavy atom. The normalized spacial score (nSPS) is 17.4. The lowest BCUT2D eigenvalue weighted by molar-refractivity contribution is 0.933. The van der Waals surface area contributed by atoms with E-state index in [1.807, 2.05) is 0 Å². The molecule has 0 aromatic carbocycles. The topological polar surface area (TPSA) is 12.0 Å². The summed E-state index contributed by atoms with van der Waals surface area (Å²) in [5.41, 5.74) is 0. The Morgan fingerprint density at radius 3 is 2.89 bits per heavy atom. The van der Waals surface area contributed by atoms with Crippen LogP contribution in [0.15, 0.2) is 0 Å². The quantitative estimate of drug-likeness (QED) is 0.620. The van der Waals surface area contributed by atoms with Crippen molar-refractivity contribution in [3.8, 4) is 0 Å². The molecule has 0 amide bonds. The predicted molar refractivity (Wildman–Crippen MR) is 46.9 cm³/mol. The van der Waals surface area contributed by atoms with Crippen LogP contribution in [0.2, 0.25) is 0 Å². The van der Waals surface area contributed by atoms with Gasteiger partial charge in [-0.1, -0.05) is 30.9 Å². The molecule has 0 saturated heterocycles. The highest BCUT2D eigenvalue weighted by Gasteiger charge is 2.21. The average Bonchev–Trinajstić information content (AvgIpc) is 2.50. The fourth-order valence-corrected chi connectivity index (χ4v) is 1.60. The van der Waals surface area contributed by atoms with E-state index in [4.69, 9.17) is 12.2 Å². The smallest absolute Gasteiger partial charge is 0.133 e. The van der Waals surface area contributed by atoms with Gasteiger partial charge < -0.3 is 5.32 Å². The molecule has 9 heavy (non-hydrogen) atoms. The van der Waals surface area contributed by atoms with Crippen LogP contribution in [0.5, 0.6) is 0 Å². The van der Waals surface area contributed by atoms with Gasteiger partial charge >= 0.3 is 0 Å². The third-order valence-electron chi connectivity index (χ3n) is 1.17. The third kappa shape index (κ3) is 3.06. The van der Waals surface area contributed by atoms with Gasteiger partial charge in [0, 0.05) is 6.04 Å². The number of rotatable bonds is 2. The van der Waals surface area contributed by atoms with Gasteiger partial charge in [-0.2, -0.15) is 0 Å². The second kappa shape index (κ2) is 3.42. The summed E-state index contributed by atoms with van der Waals surface area (Å²) in [4.78, 5) is 0. The first-order valence-electron chi connectivity index (χ1n) is 3.26. The average molecular weight is 161 g/mol. The molecule has 0 aromatic rings. The van der Waals surface area contributed by atoms with Crippen LogP contribution >= 0.6 is 24.0 Å². The number of nitrogens with one attached hydrogen (secondary N) is 1. The summed E-state index contributed by atoms with van der Waals surface area (Å²) in [5.74, 6) is 1.08. The highest BCUT2D eigenvalue weighted by Crippen LogP contribution is 2.20. The first-order chi connectivity index (χ1) is 4.33. The molecule has 52 valence electrons. The molecule has 0 aromatic heterocycles. The zero-order chi connectivity index (χ0) is 6.69. The van der Waals surface area contributed by atoms with Crippen molar-refractivity contribution in [3.05, 3.63) is 0 Å². The number of hydrogen-bond donors (Lipinski definition) is 1. The van der Waals surface area contributed by atoms with Crippen LogP contribution in [0.1, 0.15) is 19.8 Å². The van der Waals surface area contributed by atoms with Crippen LogP contribution < -0.4 is 5.32 Å². The van der Waals surface area contributed by atoms with Crippen molar-refractivity contribution < 1.29 is 0 Å². The molecule has 0 unspecified atom stereocenters. The van der Waals surface area contributed by atoms with Gasteiger partial charge in [-0.25, -0.2) is 0 Å². The van der Waals surface area contributed by atoms with Gasteiger partial charge in [0.1, 0.15) is 4.32 Å². The number of thiocarbonyl (C=S) groups is 1. The van der Waals surface area contributed by atoms with Crippen LogP contribution in [-0.2, 0) is 0 Å². The Balaban J connectivity index is 2.02. The summed E-state index contributed by atoms with van der Waals surface area (Å²) in [6.45, 7) is 2.12. The molecule has 1 N–H and O–H groups in total. The van der Waals surface area contributed by atoms with Crippen molar-refractivity contribution in [2.24, 2.45) is 0 Å². The van der Waals surface area contributed by atoms with Crippen molar-refractivity contribution >= 4 is 28.3 Å². The number of thioether (sulfide) groups is 1. The standard InChI is InChI=1S/C6H11NS2/c1-2-9-6(8)7-5-3-4-5/h5H,2-4H2,1H3,(H,7,8). The molecule has 1 saturated carbocycles. The SMILES string of the molecule is CCSC(=S)NC1CC1. The van der Waals surface area contributed by atoms with E-state index in [1.54, 1.807) is 11.8 Å². The monoisotopic (exact) mass is 161 g/mol. The van der Waals surface area contributed by atoms with Crippen molar-refractivity contribution in [2.75, 3.05) is 5.75 Å². The summed E-state index contributed by atoms with van der Waals surface area (Å²) in [6, 6.07) is 0.719. The van der Waals surface area contributed by atoms with E-state index in [-0.39, 0.29) is 0 Å². The minimum absolute atomic E-state index is 0.719. The highest BCUT2D eigenvalue weighted by molar-refractivity contribution is 8.22. The van der Waals surface area contributed by atoms with E-state index in [0.29, 0.717) is 0 Å². The molecule has 1 rings (SSSR count). The van der Waals surface area contributed by atoms with E-state index < -0.39 is 0 Å². The summed E-state index contributed by atoms with van der Waals surface area (Å²) in [5, 5.41) is 3.25. The maximum absolute atomic E-state index is 5.02. The van der Waals surface area contributed by atoms with Gasteiger partial charge in [0.15, 0.2) is 0 Å². The van der Waals surface area contributed by atoms with Gasteiger partial charge in [0.2, 0.25) is 0 Å². The Hall–Kier alpha value is 0.240. The van der Waals surface area contributed by atoms with Crippen LogP contribution in [-0.4, -0.2) is 16.1 Å². The predicted octanol–water partition coefficient (Wildman–Crippen LogP) is 1.78. The maximum atomic E-state index is 5.02. The van der Waals surface area contributed by atoms with Crippen molar-refractivity contribution in [1.29, 1.82) is 0 Å². The molecule has 1 aliphatic rings. The van der Waals surface area contributed by atoms with Crippen LogP contribution in [0, 0.1) is 0 Å². The van der Waals surface area contributed by atoms with Crippen molar-refractivity contribution in [2.45, 2.75) is 25.8 Å². The van der Waals surface area contributed by atoms with Gasteiger partial charge in [0.25, 0.3) is 0 Å². The second-order valence-electron chi connectivity index (χ2n) is 2.14. The van der Waals surface area contributed by atoms with E-state index in [9.17, 15) is 0 Å². The fraction of sp³-hybridized carbons (Fsp3) is 0.833. The molecule has 3 heteroatoms. The minimum Gasteiger partial charge on any atom is -0.368 e. The Bertz CT molecular complexity index is 110. The zero-order valence-electron chi connectivity index (χ0n) is 5.52. The molecular weight excluding hydrogens is 150 g/mol. The lowest BCUT2D eigenvalue weighted by Gasteiger charge is -2.01. The lowest BCUT2D eigenvalue weighted by atomic mass is 10.7. The summed E-state index contributed by atoms with van der Waals surface area (Å²) in [7, 11) is 0. The van der Waals surface area contributed by atoms with E-state index in [0.717, 1.165) is 16.1 Å². The Kier molecular flexibility index (Phi) is 2.79. The molecular formula is C6H11NS2. The minimum atomic E-state index is 0.719. The first kappa shape index (κ1) is 7.35. The first-order valence-corrected chi connectivity index (χ1v) is 4.65. The summed E-state index contributed by atoms with van der Waals surface area (Å²) >= 11 is 6.74. The number of hydrogen-bond acceptors (Lipinski definition) is 2. The van der Waals surface area contributed by atoms with E-state index >= 15 is 0 Å².